The Morgan fingerprint density at radius 3 is 1.34 bits per heavy atom. The van der Waals surface area contributed by atoms with Crippen molar-refractivity contribution in [2.45, 2.75) is 175 Å². The molecule has 4 aliphatic rings. The molecule has 3 aromatic rings. The van der Waals surface area contributed by atoms with Gasteiger partial charge < -0.3 is 38.2 Å². The Hall–Kier alpha value is -3.21. The molecule has 0 aliphatic carbocycles. The van der Waals surface area contributed by atoms with Crippen LogP contribution < -0.4 is 5.46 Å². The summed E-state index contributed by atoms with van der Waals surface area (Å²) in [4.78, 5) is 41.0. The van der Waals surface area contributed by atoms with Gasteiger partial charge >= 0.3 is 25.4 Å². The first-order valence-electron chi connectivity index (χ1n) is 23.7. The number of carbonyl (C=O) groups is 3. The fourth-order valence-electron chi connectivity index (χ4n) is 7.39. The highest BCUT2D eigenvalue weighted by molar-refractivity contribution is 14.1. The third-order valence-electron chi connectivity index (χ3n) is 11.6. The second kappa shape index (κ2) is 24.7. The van der Waals surface area contributed by atoms with Gasteiger partial charge in [0.15, 0.2) is 0 Å². The smallest absolute Gasteiger partial charge is 0.444 e. The zero-order valence-corrected chi connectivity index (χ0v) is 48.6. The first kappa shape index (κ1) is 59.4. The second-order valence-corrected chi connectivity index (χ2v) is 25.9. The third kappa shape index (κ3) is 20.0. The summed E-state index contributed by atoms with van der Waals surface area (Å²) in [7, 11) is -3.82. The van der Waals surface area contributed by atoms with Crippen molar-refractivity contribution in [3.8, 4) is 0 Å². The van der Waals surface area contributed by atoms with Gasteiger partial charge in [0.2, 0.25) is 0 Å². The molecule has 3 amide bonds. The van der Waals surface area contributed by atoms with Crippen molar-refractivity contribution in [1.82, 2.24) is 44.5 Å². The summed E-state index contributed by atoms with van der Waals surface area (Å²) in [6.45, 7) is 28.7. The number of nitrogens with zero attached hydrogens (tertiary/aromatic N) is 8. The van der Waals surface area contributed by atoms with E-state index >= 15 is 0 Å². The summed E-state index contributed by atoms with van der Waals surface area (Å²) >= 11 is 4.44. The number of ether oxygens (including phenoxy) is 3. The van der Waals surface area contributed by atoms with Crippen LogP contribution in [0, 0.1) is 7.14 Å². The van der Waals surface area contributed by atoms with Crippen LogP contribution in [0.5, 0.6) is 0 Å². The van der Waals surface area contributed by atoms with Crippen molar-refractivity contribution >= 4 is 86.2 Å². The van der Waals surface area contributed by atoms with Crippen LogP contribution in [0.1, 0.15) is 141 Å². The summed E-state index contributed by atoms with van der Waals surface area (Å²) in [6, 6.07) is 0.655. The number of hydrogen-bond acceptors (Lipinski definition) is 14. The van der Waals surface area contributed by atoms with Crippen molar-refractivity contribution in [1.29, 1.82) is 0 Å². The standard InChI is InChI=1S/C19H32BN3O4.C13H20IN3O2.C11H21NO5S.C3H3IN2/c1-17(2,3)25-16(24)22-10-8-15(9-11-22)23-13-14(12-21-23)20-26-18(4,5)19(6,7)27-20;1-13(2,3)19-12(18)16-6-4-11(5-7-16)17-9-10(14)8-15-17;1-11(2,3)16-10(13)12-7-5-9(6-8-12)17-18(4,14)15;4-3-1-5-6-2-3/h12-13,15H,8-11H2,1-7H3;8-9,11H,4-7H2,1-3H3;9H,5-8H2,1-4H3;1-2H,(H,5,6). The van der Waals surface area contributed by atoms with Crippen molar-refractivity contribution < 1.29 is 50.5 Å². The lowest BCUT2D eigenvalue weighted by Crippen LogP contribution is -2.43. The average molecular weight is 1230 g/mol. The second-order valence-electron chi connectivity index (χ2n) is 21.8. The van der Waals surface area contributed by atoms with Gasteiger partial charge in [0.05, 0.1) is 55.2 Å². The fraction of sp³-hybridized carbons (Fsp3) is 0.739. The van der Waals surface area contributed by atoms with E-state index in [1.54, 1.807) is 20.9 Å². The number of aromatic amines is 1. The molecule has 394 valence electrons. The van der Waals surface area contributed by atoms with Crippen molar-refractivity contribution in [3.05, 3.63) is 44.3 Å². The zero-order valence-electron chi connectivity index (χ0n) is 43.5. The van der Waals surface area contributed by atoms with Gasteiger partial charge in [-0.3, -0.25) is 18.6 Å². The number of likely N-dealkylation sites (tertiary alicyclic amines) is 3. The Bertz CT molecular complexity index is 2220. The van der Waals surface area contributed by atoms with Gasteiger partial charge in [0, 0.05) is 69.5 Å². The molecule has 0 bridgehead atoms. The molecule has 1 N–H and O–H groups in total. The Labute approximate surface area is 442 Å². The molecule has 0 aromatic carbocycles. The Balaban J connectivity index is 0.000000220. The minimum Gasteiger partial charge on any atom is -0.444 e. The maximum absolute atomic E-state index is 12.2. The summed E-state index contributed by atoms with van der Waals surface area (Å²) in [5.41, 5.74) is -1.20. The van der Waals surface area contributed by atoms with E-state index in [4.69, 9.17) is 27.7 Å². The van der Waals surface area contributed by atoms with Crippen LogP contribution in [0.2, 0.25) is 0 Å². The monoisotopic (exact) mass is 1230 g/mol. The van der Waals surface area contributed by atoms with Crippen LogP contribution in [-0.2, 0) is 37.8 Å². The summed E-state index contributed by atoms with van der Waals surface area (Å²) in [5, 5.41) is 15.2. The summed E-state index contributed by atoms with van der Waals surface area (Å²) in [6.07, 6.45) is 15.8. The van der Waals surface area contributed by atoms with Crippen LogP contribution in [0.25, 0.3) is 0 Å². The van der Waals surface area contributed by atoms with Crippen LogP contribution in [0.3, 0.4) is 0 Å². The minimum atomic E-state index is -3.42. The largest absolute Gasteiger partial charge is 0.498 e. The molecular weight excluding hydrogens is 1150 g/mol. The van der Waals surface area contributed by atoms with Gasteiger partial charge in [-0.2, -0.15) is 23.7 Å². The van der Waals surface area contributed by atoms with E-state index in [0.717, 1.165) is 57.6 Å². The molecular formula is C46H76BI2N9O11S. The van der Waals surface area contributed by atoms with Gasteiger partial charge in [-0.25, -0.2) is 14.4 Å². The van der Waals surface area contributed by atoms with Crippen LogP contribution >= 0.6 is 45.2 Å². The maximum atomic E-state index is 12.2. The first-order valence-corrected chi connectivity index (χ1v) is 27.7. The normalized spacial score (nSPS) is 19.2. The molecule has 0 unspecified atom stereocenters. The maximum Gasteiger partial charge on any atom is 0.498 e. The molecule has 20 nitrogen and oxygen atoms in total. The number of H-pyrrole nitrogens is 1. The molecule has 0 saturated carbocycles. The Morgan fingerprint density at radius 1 is 0.643 bits per heavy atom. The molecule has 0 atom stereocenters. The highest BCUT2D eigenvalue weighted by Gasteiger charge is 2.52. The predicted molar refractivity (Wildman–Crippen MR) is 283 cm³/mol. The van der Waals surface area contributed by atoms with Crippen LogP contribution in [0.15, 0.2) is 37.2 Å². The van der Waals surface area contributed by atoms with Crippen molar-refractivity contribution in [3.63, 3.8) is 0 Å². The van der Waals surface area contributed by atoms with E-state index in [2.05, 4.69) is 65.6 Å². The highest BCUT2D eigenvalue weighted by atomic mass is 127. The van der Waals surface area contributed by atoms with E-state index in [-0.39, 0.29) is 41.6 Å². The number of nitrogens with one attached hydrogen (secondary N) is 1. The van der Waals surface area contributed by atoms with E-state index < -0.39 is 34.0 Å². The quantitative estimate of drug-likeness (QED) is 0.110. The molecule has 0 radical (unpaired) electrons. The van der Waals surface area contributed by atoms with Gasteiger partial charge in [-0.1, -0.05) is 0 Å². The number of rotatable bonds is 5. The van der Waals surface area contributed by atoms with E-state index in [1.807, 2.05) is 130 Å². The third-order valence-corrected chi connectivity index (χ3v) is 13.3. The van der Waals surface area contributed by atoms with Crippen LogP contribution in [0.4, 0.5) is 14.4 Å². The van der Waals surface area contributed by atoms with E-state index in [1.165, 1.54) is 0 Å². The molecule has 4 fully saturated rings. The minimum absolute atomic E-state index is 0.207. The molecule has 4 aliphatic heterocycles. The summed E-state index contributed by atoms with van der Waals surface area (Å²) in [5.74, 6) is 0. The SMILES string of the molecule is CC(C)(C)OC(=O)N1CCC(OS(C)(=O)=O)CC1.CC(C)(C)OC(=O)N1CCC(n2cc(B3OC(C)(C)C(C)(C)O3)cn2)CC1.CC(C)(C)OC(=O)N1CCC(n2cc(I)cn2)CC1.Ic1cn[nH]c1. The first-order chi connectivity index (χ1) is 32.2. The number of piperidine rings is 3. The van der Waals surface area contributed by atoms with Gasteiger partial charge in [-0.05, 0) is 174 Å². The van der Waals surface area contributed by atoms with Gasteiger partial charge in [0.1, 0.15) is 16.8 Å². The Kier molecular flexibility index (Phi) is 20.9. The van der Waals surface area contributed by atoms with Crippen molar-refractivity contribution in [2.75, 3.05) is 45.5 Å². The summed E-state index contributed by atoms with van der Waals surface area (Å²) < 4.78 is 61.4. The fourth-order valence-corrected chi connectivity index (χ4v) is 8.77. The number of hydrogen-bond donors (Lipinski definition) is 1. The molecule has 7 heterocycles. The predicted octanol–water partition coefficient (Wildman–Crippen LogP) is 8.19. The highest BCUT2D eigenvalue weighted by Crippen LogP contribution is 2.36. The number of halogens is 2. The number of aromatic nitrogens is 6. The lowest BCUT2D eigenvalue weighted by Gasteiger charge is -2.33. The van der Waals surface area contributed by atoms with Crippen molar-refractivity contribution in [2.24, 2.45) is 0 Å². The van der Waals surface area contributed by atoms with Gasteiger partial charge in [0.25, 0.3) is 10.1 Å². The van der Waals surface area contributed by atoms with E-state index in [9.17, 15) is 22.8 Å². The molecule has 7 rings (SSSR count). The topological polar surface area (TPSA) is 215 Å². The average Bonchev–Trinajstić information content (AvgIpc) is 4.05. The number of carbonyl (C=O) groups excluding carboxylic acids is 3. The molecule has 3 aromatic heterocycles. The lowest BCUT2D eigenvalue weighted by atomic mass is 9.82. The zero-order chi connectivity index (χ0) is 52.5. The number of amides is 3. The molecule has 70 heavy (non-hydrogen) atoms. The van der Waals surface area contributed by atoms with E-state index in [0.29, 0.717) is 45.1 Å². The Morgan fingerprint density at radius 2 is 1.03 bits per heavy atom. The molecule has 4 saturated heterocycles. The van der Waals surface area contributed by atoms with Crippen LogP contribution in [-0.4, -0.2) is 158 Å². The molecule has 24 heteroatoms. The van der Waals surface area contributed by atoms with Gasteiger partial charge in [-0.15, -0.1) is 0 Å². The molecule has 0 spiro atoms. The lowest BCUT2D eigenvalue weighted by molar-refractivity contribution is 0.00578.